The average Bonchev–Trinajstić information content (AvgIpc) is 2.97. The molecule has 6 nitrogen and oxygen atoms in total. The van der Waals surface area contributed by atoms with Crippen molar-refractivity contribution in [1.29, 1.82) is 0 Å². The van der Waals surface area contributed by atoms with Crippen molar-refractivity contribution in [3.05, 3.63) is 47.5 Å². The normalized spacial score (nSPS) is 11.9. The van der Waals surface area contributed by atoms with Crippen LogP contribution < -0.4 is 19.7 Å². The third kappa shape index (κ3) is 2.82. The Bertz CT molecular complexity index is 718. The Hall–Kier alpha value is -2.73. The standard InChI is InChI=1S/C15H11ClN2O4/c16-10-1-4-12(5-2-10)18(8-19)15(20)17-11-3-6-13-14(7-11)22-9-21-13/h1-8H,9H2,(H,17,20). The Kier molecular flexibility index (Phi) is 3.84. The molecule has 0 saturated carbocycles. The van der Waals surface area contributed by atoms with Gasteiger partial charge in [0.15, 0.2) is 11.5 Å². The van der Waals surface area contributed by atoms with Crippen molar-refractivity contribution in [2.45, 2.75) is 0 Å². The molecule has 0 bridgehead atoms. The van der Waals surface area contributed by atoms with Gasteiger partial charge in [-0.2, -0.15) is 0 Å². The lowest BCUT2D eigenvalue weighted by Crippen LogP contribution is -2.33. The molecular formula is C15H11ClN2O4. The summed E-state index contributed by atoms with van der Waals surface area (Å²) in [5.41, 5.74) is 0.910. The summed E-state index contributed by atoms with van der Waals surface area (Å²) in [5.74, 6) is 1.16. The van der Waals surface area contributed by atoms with Gasteiger partial charge in [0.25, 0.3) is 0 Å². The molecular weight excluding hydrogens is 308 g/mol. The van der Waals surface area contributed by atoms with Crippen molar-refractivity contribution in [1.82, 2.24) is 0 Å². The maximum atomic E-state index is 12.2. The second kappa shape index (κ2) is 5.95. The molecule has 2 aromatic rings. The number of carbonyl (C=O) groups is 2. The number of nitrogens with one attached hydrogen (secondary N) is 1. The molecule has 0 saturated heterocycles. The summed E-state index contributed by atoms with van der Waals surface area (Å²) in [7, 11) is 0. The number of hydrogen-bond acceptors (Lipinski definition) is 4. The van der Waals surface area contributed by atoms with Crippen LogP contribution in [0.3, 0.4) is 0 Å². The number of nitrogens with zero attached hydrogens (tertiary/aromatic N) is 1. The maximum Gasteiger partial charge on any atom is 0.332 e. The van der Waals surface area contributed by atoms with E-state index in [1.54, 1.807) is 42.5 Å². The summed E-state index contributed by atoms with van der Waals surface area (Å²) in [6.07, 6.45) is 0.436. The van der Waals surface area contributed by atoms with E-state index in [1.165, 1.54) is 0 Å². The van der Waals surface area contributed by atoms with E-state index in [9.17, 15) is 9.59 Å². The number of anilines is 2. The molecule has 3 amide bonds. The highest BCUT2D eigenvalue weighted by Crippen LogP contribution is 2.34. The first kappa shape index (κ1) is 14.2. The van der Waals surface area contributed by atoms with Crippen molar-refractivity contribution in [3.63, 3.8) is 0 Å². The summed E-state index contributed by atoms with van der Waals surface area (Å²) in [5, 5.41) is 3.14. The van der Waals surface area contributed by atoms with Gasteiger partial charge >= 0.3 is 6.03 Å². The van der Waals surface area contributed by atoms with Gasteiger partial charge in [-0.25, -0.2) is 9.69 Å². The molecule has 0 aliphatic carbocycles. The van der Waals surface area contributed by atoms with Crippen molar-refractivity contribution < 1.29 is 19.1 Å². The van der Waals surface area contributed by atoms with Gasteiger partial charge in [0.2, 0.25) is 13.2 Å². The zero-order valence-corrected chi connectivity index (χ0v) is 12.0. The third-order valence-electron chi connectivity index (χ3n) is 3.05. The van der Waals surface area contributed by atoms with Crippen molar-refractivity contribution in [3.8, 4) is 11.5 Å². The molecule has 112 valence electrons. The number of carbonyl (C=O) groups excluding carboxylic acids is 2. The highest BCUT2D eigenvalue weighted by molar-refractivity contribution is 6.30. The monoisotopic (exact) mass is 318 g/mol. The molecule has 1 aliphatic heterocycles. The fraction of sp³-hybridized carbons (Fsp3) is 0.0667. The van der Waals surface area contributed by atoms with E-state index in [-0.39, 0.29) is 6.79 Å². The van der Waals surface area contributed by atoms with E-state index >= 15 is 0 Å². The molecule has 3 rings (SSSR count). The average molecular weight is 319 g/mol. The van der Waals surface area contributed by atoms with Gasteiger partial charge in [-0.15, -0.1) is 0 Å². The molecule has 0 aromatic heterocycles. The number of halogens is 1. The topological polar surface area (TPSA) is 67.9 Å². The molecule has 1 heterocycles. The van der Waals surface area contributed by atoms with Gasteiger partial charge in [0.1, 0.15) is 0 Å². The van der Waals surface area contributed by atoms with Crippen LogP contribution in [0.25, 0.3) is 0 Å². The number of ether oxygens (including phenoxy) is 2. The third-order valence-corrected chi connectivity index (χ3v) is 3.30. The number of amides is 3. The predicted molar refractivity (Wildman–Crippen MR) is 81.6 cm³/mol. The lowest BCUT2D eigenvalue weighted by atomic mass is 10.2. The van der Waals surface area contributed by atoms with Crippen LogP contribution >= 0.6 is 11.6 Å². The number of urea groups is 1. The molecule has 1 aliphatic rings. The lowest BCUT2D eigenvalue weighted by Gasteiger charge is -2.16. The van der Waals surface area contributed by atoms with Crippen LogP contribution in [0.4, 0.5) is 16.2 Å². The summed E-state index contributed by atoms with van der Waals surface area (Å²) in [6.45, 7) is 0.151. The number of rotatable bonds is 3. The highest BCUT2D eigenvalue weighted by Gasteiger charge is 2.18. The Morgan fingerprint density at radius 2 is 1.86 bits per heavy atom. The molecule has 2 aromatic carbocycles. The summed E-state index contributed by atoms with van der Waals surface area (Å²) < 4.78 is 10.4. The number of fused-ring (bicyclic) bond motifs is 1. The number of imide groups is 1. The molecule has 0 radical (unpaired) electrons. The minimum absolute atomic E-state index is 0.151. The molecule has 1 N–H and O–H groups in total. The Morgan fingerprint density at radius 3 is 2.59 bits per heavy atom. The zero-order valence-electron chi connectivity index (χ0n) is 11.3. The van der Waals surface area contributed by atoms with Crippen LogP contribution in [0, 0.1) is 0 Å². The zero-order chi connectivity index (χ0) is 15.5. The second-order valence-corrected chi connectivity index (χ2v) is 4.89. The van der Waals surface area contributed by atoms with Crippen molar-refractivity contribution in [2.24, 2.45) is 0 Å². The number of hydrogen-bond donors (Lipinski definition) is 1. The molecule has 0 fully saturated rings. The molecule has 22 heavy (non-hydrogen) atoms. The Balaban J connectivity index is 1.77. The smallest absolute Gasteiger partial charge is 0.332 e. The van der Waals surface area contributed by atoms with Crippen LogP contribution in [0.5, 0.6) is 11.5 Å². The van der Waals surface area contributed by atoms with Crippen LogP contribution in [-0.2, 0) is 4.79 Å². The largest absolute Gasteiger partial charge is 0.454 e. The first-order chi connectivity index (χ1) is 10.7. The molecule has 7 heteroatoms. The van der Waals surface area contributed by atoms with Crippen LogP contribution in [-0.4, -0.2) is 19.2 Å². The summed E-state index contributed by atoms with van der Waals surface area (Å²) in [4.78, 5) is 24.3. The fourth-order valence-corrected chi connectivity index (χ4v) is 2.11. The van der Waals surface area contributed by atoms with E-state index < -0.39 is 6.03 Å². The van der Waals surface area contributed by atoms with E-state index in [4.69, 9.17) is 21.1 Å². The first-order valence-electron chi connectivity index (χ1n) is 6.38. The number of benzene rings is 2. The van der Waals surface area contributed by atoms with Gasteiger partial charge in [0.05, 0.1) is 5.69 Å². The first-order valence-corrected chi connectivity index (χ1v) is 6.76. The lowest BCUT2D eigenvalue weighted by molar-refractivity contribution is -0.106. The molecule has 0 unspecified atom stereocenters. The van der Waals surface area contributed by atoms with E-state index in [1.807, 2.05) is 0 Å². The van der Waals surface area contributed by atoms with Gasteiger partial charge in [-0.1, -0.05) is 11.6 Å². The molecule has 0 atom stereocenters. The summed E-state index contributed by atoms with van der Waals surface area (Å²) >= 11 is 5.79. The SMILES string of the molecule is O=CN(C(=O)Nc1ccc2c(c1)OCO2)c1ccc(Cl)cc1. The van der Waals surface area contributed by atoms with Crippen molar-refractivity contribution >= 4 is 35.4 Å². The van der Waals surface area contributed by atoms with Gasteiger partial charge < -0.3 is 14.8 Å². The quantitative estimate of drug-likeness (QED) is 0.882. The van der Waals surface area contributed by atoms with Gasteiger partial charge in [-0.05, 0) is 36.4 Å². The van der Waals surface area contributed by atoms with E-state index in [2.05, 4.69) is 5.32 Å². The van der Waals surface area contributed by atoms with Crippen LogP contribution in [0.2, 0.25) is 5.02 Å². The van der Waals surface area contributed by atoms with Crippen LogP contribution in [0.15, 0.2) is 42.5 Å². The second-order valence-electron chi connectivity index (χ2n) is 4.45. The van der Waals surface area contributed by atoms with Crippen LogP contribution in [0.1, 0.15) is 0 Å². The van der Waals surface area contributed by atoms with Gasteiger partial charge in [-0.3, -0.25) is 4.79 Å². The predicted octanol–water partition coefficient (Wildman–Crippen LogP) is 3.26. The van der Waals surface area contributed by atoms with E-state index in [0.717, 1.165) is 4.90 Å². The Morgan fingerprint density at radius 1 is 1.14 bits per heavy atom. The fourth-order valence-electron chi connectivity index (χ4n) is 1.99. The maximum absolute atomic E-state index is 12.2. The molecule has 0 spiro atoms. The van der Waals surface area contributed by atoms with Gasteiger partial charge in [0, 0.05) is 16.8 Å². The Labute approximate surface area is 131 Å². The minimum atomic E-state index is -0.587. The summed E-state index contributed by atoms with van der Waals surface area (Å²) in [6, 6.07) is 10.7. The van der Waals surface area contributed by atoms with E-state index in [0.29, 0.717) is 34.3 Å². The van der Waals surface area contributed by atoms with Crippen molar-refractivity contribution in [2.75, 3.05) is 17.0 Å². The highest BCUT2D eigenvalue weighted by atomic mass is 35.5. The minimum Gasteiger partial charge on any atom is -0.454 e.